The van der Waals surface area contributed by atoms with Crippen LogP contribution in [0.2, 0.25) is 0 Å². The zero-order valence-electron chi connectivity index (χ0n) is 18.3. The van der Waals surface area contributed by atoms with Crippen molar-refractivity contribution in [3.63, 3.8) is 0 Å². The zero-order valence-corrected chi connectivity index (χ0v) is 19.1. The number of rotatable bonds is 8. The van der Waals surface area contributed by atoms with Crippen LogP contribution in [0.15, 0.2) is 6.07 Å². The van der Waals surface area contributed by atoms with Gasteiger partial charge in [-0.05, 0) is 45.1 Å². The first-order chi connectivity index (χ1) is 16.1. The van der Waals surface area contributed by atoms with Gasteiger partial charge in [-0.3, -0.25) is 4.79 Å². The van der Waals surface area contributed by atoms with Gasteiger partial charge in [-0.25, -0.2) is 18.4 Å². The molecule has 1 aromatic heterocycles. The highest BCUT2D eigenvalue weighted by atomic mass is 32.1. The molecule has 0 aliphatic heterocycles. The number of anilines is 1. The van der Waals surface area contributed by atoms with Gasteiger partial charge in [-0.1, -0.05) is 0 Å². The van der Waals surface area contributed by atoms with Gasteiger partial charge in [0.1, 0.15) is 5.00 Å². The van der Waals surface area contributed by atoms with E-state index in [1.54, 1.807) is 6.92 Å². The van der Waals surface area contributed by atoms with Crippen LogP contribution in [0.4, 0.5) is 22.6 Å². The summed E-state index contributed by atoms with van der Waals surface area (Å²) in [4.78, 5) is 37.8. The van der Waals surface area contributed by atoms with Crippen LogP contribution in [0, 0.1) is 23.3 Å². The normalized spacial score (nSPS) is 13.6. The van der Waals surface area contributed by atoms with E-state index in [1.165, 1.54) is 11.3 Å². The molecule has 1 heterocycles. The van der Waals surface area contributed by atoms with E-state index in [0.29, 0.717) is 6.42 Å². The quantitative estimate of drug-likeness (QED) is 0.328. The van der Waals surface area contributed by atoms with Crippen LogP contribution in [-0.2, 0) is 31.9 Å². The van der Waals surface area contributed by atoms with Crippen molar-refractivity contribution in [1.82, 2.24) is 0 Å². The number of hydrogen-bond donors (Lipinski definition) is 1. The van der Waals surface area contributed by atoms with E-state index in [4.69, 9.17) is 9.47 Å². The van der Waals surface area contributed by atoms with Crippen molar-refractivity contribution < 1.29 is 46.2 Å². The maximum atomic E-state index is 13.7. The van der Waals surface area contributed by atoms with Gasteiger partial charge in [0, 0.05) is 10.9 Å². The molecule has 0 spiro atoms. The Kier molecular flexibility index (Phi) is 8.13. The Morgan fingerprint density at radius 1 is 1.06 bits per heavy atom. The summed E-state index contributed by atoms with van der Waals surface area (Å²) in [6.45, 7) is 2.03. The SMILES string of the molecule is CCOC(=O)c1c(NC(=O)COC(=O)[C@@H](C)Oc2c(F)c(F)cc(F)c2F)sc2c1CCCC2. The number of amides is 1. The zero-order chi connectivity index (χ0) is 25.0. The molecule has 0 fully saturated rings. The van der Waals surface area contributed by atoms with E-state index in [2.05, 4.69) is 10.1 Å². The van der Waals surface area contributed by atoms with Crippen molar-refractivity contribution in [2.75, 3.05) is 18.5 Å². The number of ether oxygens (including phenoxy) is 3. The van der Waals surface area contributed by atoms with E-state index >= 15 is 0 Å². The Hall–Kier alpha value is -3.15. The van der Waals surface area contributed by atoms with Crippen molar-refractivity contribution in [2.24, 2.45) is 0 Å². The van der Waals surface area contributed by atoms with Crippen LogP contribution in [0.1, 0.15) is 47.5 Å². The monoisotopic (exact) mass is 503 g/mol. The number of benzene rings is 1. The van der Waals surface area contributed by atoms with Crippen LogP contribution in [-0.4, -0.2) is 37.2 Å². The molecule has 1 aromatic carbocycles. The molecule has 3 rings (SSSR count). The number of hydrogen-bond acceptors (Lipinski definition) is 7. The molecule has 34 heavy (non-hydrogen) atoms. The number of halogens is 4. The molecule has 0 saturated carbocycles. The van der Waals surface area contributed by atoms with E-state index in [1.807, 2.05) is 0 Å². The topological polar surface area (TPSA) is 90.9 Å². The smallest absolute Gasteiger partial charge is 0.347 e. The van der Waals surface area contributed by atoms with E-state index in [9.17, 15) is 31.9 Å². The van der Waals surface area contributed by atoms with Crippen LogP contribution in [0.5, 0.6) is 5.75 Å². The van der Waals surface area contributed by atoms with Crippen LogP contribution >= 0.6 is 11.3 Å². The number of thiophene rings is 1. The lowest BCUT2D eigenvalue weighted by Crippen LogP contribution is -2.30. The fourth-order valence-corrected chi connectivity index (χ4v) is 4.66. The Morgan fingerprint density at radius 3 is 2.35 bits per heavy atom. The second-order valence-electron chi connectivity index (χ2n) is 7.35. The Morgan fingerprint density at radius 2 is 1.71 bits per heavy atom. The van der Waals surface area contributed by atoms with Gasteiger partial charge in [0.05, 0.1) is 12.2 Å². The molecular formula is C22H21F4NO6S. The highest BCUT2D eigenvalue weighted by Gasteiger charge is 2.29. The maximum Gasteiger partial charge on any atom is 0.347 e. The molecular weight excluding hydrogens is 482 g/mol. The standard InChI is InChI=1S/C22H21F4NO6S/c1-3-31-22(30)16-11-6-4-5-7-14(11)34-20(16)27-15(28)9-32-21(29)10(2)33-19-17(25)12(23)8-13(24)18(19)26/h8,10H,3-7,9H2,1-2H3,(H,27,28)/t10-/m1/s1. The summed E-state index contributed by atoms with van der Waals surface area (Å²) in [5, 5.41) is 2.80. The number of fused-ring (bicyclic) bond motifs is 1. The maximum absolute atomic E-state index is 13.7. The average Bonchev–Trinajstić information content (AvgIpc) is 3.16. The summed E-state index contributed by atoms with van der Waals surface area (Å²) in [5.41, 5.74) is 1.10. The summed E-state index contributed by atoms with van der Waals surface area (Å²) in [6, 6.07) is -0.00216. The third-order valence-electron chi connectivity index (χ3n) is 4.95. The van der Waals surface area contributed by atoms with Gasteiger partial charge in [0.15, 0.2) is 30.1 Å². The first-order valence-corrected chi connectivity index (χ1v) is 11.2. The molecule has 0 unspecified atom stereocenters. The van der Waals surface area contributed by atoms with Gasteiger partial charge < -0.3 is 19.5 Å². The lowest BCUT2D eigenvalue weighted by atomic mass is 9.95. The number of aryl methyl sites for hydroxylation is 1. The van der Waals surface area contributed by atoms with Crippen LogP contribution in [0.25, 0.3) is 0 Å². The summed E-state index contributed by atoms with van der Waals surface area (Å²) in [6.07, 6.45) is 1.60. The van der Waals surface area contributed by atoms with Gasteiger partial charge in [0.2, 0.25) is 11.6 Å². The molecule has 1 atom stereocenters. The molecule has 7 nitrogen and oxygen atoms in total. The van der Waals surface area contributed by atoms with E-state index < -0.39 is 59.6 Å². The molecule has 2 aromatic rings. The van der Waals surface area contributed by atoms with Gasteiger partial charge >= 0.3 is 11.9 Å². The Labute approximate surface area is 196 Å². The van der Waals surface area contributed by atoms with Crippen LogP contribution < -0.4 is 10.1 Å². The van der Waals surface area contributed by atoms with E-state index in [0.717, 1.165) is 36.6 Å². The molecule has 0 saturated heterocycles. The van der Waals surface area contributed by atoms with Gasteiger partial charge in [-0.2, -0.15) is 8.78 Å². The Bertz CT molecular complexity index is 1090. The van der Waals surface area contributed by atoms with Crippen molar-refractivity contribution >= 4 is 34.2 Å². The number of carbonyl (C=O) groups is 3. The predicted molar refractivity (Wildman–Crippen MR) is 113 cm³/mol. The van der Waals surface area contributed by atoms with Gasteiger partial charge in [0.25, 0.3) is 5.91 Å². The molecule has 184 valence electrons. The third kappa shape index (κ3) is 5.49. The second kappa shape index (κ2) is 10.9. The fourth-order valence-electron chi connectivity index (χ4n) is 3.37. The minimum absolute atomic E-state index is 0.00216. The van der Waals surface area contributed by atoms with Crippen LogP contribution in [0.3, 0.4) is 0 Å². The molecule has 0 bridgehead atoms. The molecule has 0 radical (unpaired) electrons. The fraction of sp³-hybridized carbons (Fsp3) is 0.409. The summed E-state index contributed by atoms with van der Waals surface area (Å²) >= 11 is 1.24. The average molecular weight is 503 g/mol. The second-order valence-corrected chi connectivity index (χ2v) is 8.45. The Balaban J connectivity index is 1.64. The molecule has 1 N–H and O–H groups in total. The highest BCUT2D eigenvalue weighted by Crippen LogP contribution is 2.38. The minimum atomic E-state index is -1.82. The lowest BCUT2D eigenvalue weighted by molar-refractivity contribution is -0.153. The summed E-state index contributed by atoms with van der Waals surface area (Å²) < 4.78 is 68.6. The molecule has 1 aliphatic carbocycles. The number of carbonyl (C=O) groups excluding carboxylic acids is 3. The van der Waals surface area contributed by atoms with Crippen molar-refractivity contribution in [1.29, 1.82) is 0 Å². The molecule has 1 aliphatic rings. The molecule has 12 heteroatoms. The first-order valence-electron chi connectivity index (χ1n) is 10.4. The minimum Gasteiger partial charge on any atom is -0.473 e. The number of esters is 2. The highest BCUT2D eigenvalue weighted by molar-refractivity contribution is 7.17. The summed E-state index contributed by atoms with van der Waals surface area (Å²) in [7, 11) is 0. The molecule has 1 amide bonds. The first kappa shape index (κ1) is 25.5. The van der Waals surface area contributed by atoms with Gasteiger partial charge in [-0.15, -0.1) is 11.3 Å². The predicted octanol–water partition coefficient (Wildman–Crippen LogP) is 4.31. The number of nitrogens with one attached hydrogen (secondary N) is 1. The van der Waals surface area contributed by atoms with Crippen molar-refractivity contribution in [3.05, 3.63) is 45.3 Å². The largest absolute Gasteiger partial charge is 0.473 e. The van der Waals surface area contributed by atoms with Crippen molar-refractivity contribution in [3.8, 4) is 5.75 Å². The lowest BCUT2D eigenvalue weighted by Gasteiger charge is -2.15. The van der Waals surface area contributed by atoms with E-state index in [-0.39, 0.29) is 23.2 Å². The third-order valence-corrected chi connectivity index (χ3v) is 6.15. The van der Waals surface area contributed by atoms with Crippen molar-refractivity contribution in [2.45, 2.75) is 45.6 Å². The summed E-state index contributed by atoms with van der Waals surface area (Å²) in [5.74, 6) is -11.0.